The minimum atomic E-state index is -3.57. The number of nitrogens with zero attached hydrogens (tertiary/aromatic N) is 1. The average Bonchev–Trinajstić information content (AvgIpc) is 2.70. The van der Waals surface area contributed by atoms with Crippen LogP contribution in [0.4, 0.5) is 0 Å². The molecule has 0 radical (unpaired) electrons. The van der Waals surface area contributed by atoms with Gasteiger partial charge in [0.05, 0.1) is 27.7 Å². The van der Waals surface area contributed by atoms with E-state index in [-0.39, 0.29) is 5.78 Å². The van der Waals surface area contributed by atoms with Crippen LogP contribution < -0.4 is 0 Å². The molecule has 31 heavy (non-hydrogen) atoms. The molecule has 0 aromatic heterocycles. The van der Waals surface area contributed by atoms with Crippen molar-refractivity contribution in [1.82, 2.24) is 0 Å². The van der Waals surface area contributed by atoms with Crippen molar-refractivity contribution >= 4 is 7.60 Å². The molecular formula is C26H55NO3P+. The fourth-order valence-electron chi connectivity index (χ4n) is 4.05. The van der Waals surface area contributed by atoms with Gasteiger partial charge in [-0.05, 0) is 38.5 Å². The van der Waals surface area contributed by atoms with Crippen molar-refractivity contribution in [1.29, 1.82) is 0 Å². The van der Waals surface area contributed by atoms with E-state index in [9.17, 15) is 9.46 Å². The zero-order valence-electron chi connectivity index (χ0n) is 21.6. The molecule has 4 nitrogen and oxygen atoms in total. The van der Waals surface area contributed by atoms with Crippen LogP contribution in [-0.2, 0) is 9.09 Å². The summed E-state index contributed by atoms with van der Waals surface area (Å²) in [5.74, 6) is -0.337. The Morgan fingerprint density at radius 1 is 0.742 bits per heavy atom. The maximum absolute atomic E-state index is 12.6. The van der Waals surface area contributed by atoms with E-state index in [0.29, 0.717) is 17.5 Å². The zero-order valence-corrected chi connectivity index (χ0v) is 22.5. The molecule has 0 amide bonds. The number of allylic oxidation sites excluding steroid dienone is 2. The second-order valence-electron chi connectivity index (χ2n) is 10.1. The summed E-state index contributed by atoms with van der Waals surface area (Å²) in [4.78, 5) is 10.4. The summed E-state index contributed by atoms with van der Waals surface area (Å²) in [5.41, 5.74) is 0. The third kappa shape index (κ3) is 18.0. The first kappa shape index (κ1) is 30.9. The summed E-state index contributed by atoms with van der Waals surface area (Å²) < 4.78 is 18.6. The Morgan fingerprint density at radius 2 is 1.19 bits per heavy atom. The van der Waals surface area contributed by atoms with E-state index >= 15 is 0 Å². The summed E-state index contributed by atoms with van der Waals surface area (Å²) in [6, 6.07) is 0. The van der Waals surface area contributed by atoms with Crippen molar-refractivity contribution in [3.63, 3.8) is 0 Å². The Kier molecular flexibility index (Phi) is 19.2. The van der Waals surface area contributed by atoms with Gasteiger partial charge in [0.25, 0.3) is 0 Å². The molecule has 0 aliphatic heterocycles. The Labute approximate surface area is 195 Å². The molecule has 5 heteroatoms. The van der Waals surface area contributed by atoms with Crippen LogP contribution in [0, 0.1) is 0 Å². The second kappa shape index (κ2) is 19.3. The van der Waals surface area contributed by atoms with E-state index in [2.05, 4.69) is 26.0 Å². The van der Waals surface area contributed by atoms with Gasteiger partial charge in [0.15, 0.2) is 5.78 Å². The molecule has 0 bridgehead atoms. The standard InChI is InChI=1S/C26H54NO3P/c1-6-8-9-10-11-12-13-14-15-16-17-18-19-20-21-22-23-25-30-31(28,29)26(24-7-2)27(3,4)5/h15-16,26H,6-14,17-25H2,1-5H3/p+1. The summed E-state index contributed by atoms with van der Waals surface area (Å²) >= 11 is 0. The predicted molar refractivity (Wildman–Crippen MR) is 137 cm³/mol. The van der Waals surface area contributed by atoms with Crippen LogP contribution in [-0.4, -0.2) is 42.9 Å². The molecule has 0 saturated carbocycles. The highest BCUT2D eigenvalue weighted by Gasteiger charge is 2.41. The number of quaternary nitrogens is 1. The van der Waals surface area contributed by atoms with Gasteiger partial charge in [-0.25, -0.2) is 0 Å². The summed E-state index contributed by atoms with van der Waals surface area (Å²) in [6.45, 7) is 4.72. The highest BCUT2D eigenvalue weighted by Crippen LogP contribution is 2.51. The lowest BCUT2D eigenvalue weighted by molar-refractivity contribution is -0.883. The lowest BCUT2D eigenvalue weighted by Crippen LogP contribution is -2.45. The van der Waals surface area contributed by atoms with E-state index in [1.54, 1.807) is 0 Å². The highest BCUT2D eigenvalue weighted by atomic mass is 31.2. The predicted octanol–water partition coefficient (Wildman–Crippen LogP) is 8.45. The van der Waals surface area contributed by atoms with Gasteiger partial charge in [0.1, 0.15) is 0 Å². The van der Waals surface area contributed by atoms with Gasteiger partial charge >= 0.3 is 7.60 Å². The van der Waals surface area contributed by atoms with Crippen molar-refractivity contribution < 1.29 is 18.5 Å². The normalized spacial score (nSPS) is 15.4. The molecule has 0 rings (SSSR count). The van der Waals surface area contributed by atoms with E-state index in [0.717, 1.165) is 19.3 Å². The van der Waals surface area contributed by atoms with Crippen LogP contribution in [0.1, 0.15) is 123 Å². The van der Waals surface area contributed by atoms with Gasteiger partial charge in [-0.2, -0.15) is 0 Å². The fourth-order valence-corrected chi connectivity index (χ4v) is 6.08. The van der Waals surface area contributed by atoms with Gasteiger partial charge in [-0.15, -0.1) is 0 Å². The molecule has 0 aromatic carbocycles. The van der Waals surface area contributed by atoms with Crippen LogP contribution >= 0.6 is 7.60 Å². The van der Waals surface area contributed by atoms with Crippen LogP contribution in [0.25, 0.3) is 0 Å². The smallest absolute Gasteiger partial charge is 0.320 e. The number of rotatable bonds is 22. The van der Waals surface area contributed by atoms with Crippen LogP contribution in [0.15, 0.2) is 12.2 Å². The van der Waals surface area contributed by atoms with Gasteiger partial charge < -0.3 is 13.9 Å². The summed E-state index contributed by atoms with van der Waals surface area (Å²) in [5, 5.41) is 0. The molecule has 1 N–H and O–H groups in total. The second-order valence-corrected chi connectivity index (χ2v) is 12.1. The molecule has 0 fully saturated rings. The summed E-state index contributed by atoms with van der Waals surface area (Å²) in [7, 11) is 2.34. The number of unbranched alkanes of at least 4 members (excludes halogenated alkanes) is 13. The lowest BCUT2D eigenvalue weighted by atomic mass is 10.1. The van der Waals surface area contributed by atoms with Crippen LogP contribution in [0.5, 0.6) is 0 Å². The lowest BCUT2D eigenvalue weighted by Gasteiger charge is -2.35. The number of hydrogen-bond donors (Lipinski definition) is 1. The van der Waals surface area contributed by atoms with E-state index in [1.165, 1.54) is 83.5 Å². The Hall–Kier alpha value is -0.150. The SMILES string of the molecule is CCCCCCCCCC=CCCCCCCCCOP(=O)(O)C(CCC)[N+](C)(C)C. The third-order valence-electron chi connectivity index (χ3n) is 6.00. The van der Waals surface area contributed by atoms with Crippen molar-refractivity contribution in [2.75, 3.05) is 27.7 Å². The largest absolute Gasteiger partial charge is 0.385 e. The van der Waals surface area contributed by atoms with Gasteiger partial charge in [-0.1, -0.05) is 90.2 Å². The number of hydrogen-bond acceptors (Lipinski definition) is 2. The van der Waals surface area contributed by atoms with E-state index in [4.69, 9.17) is 4.52 Å². The average molecular weight is 461 g/mol. The summed E-state index contributed by atoms with van der Waals surface area (Å²) in [6.07, 6.45) is 25.4. The first-order valence-electron chi connectivity index (χ1n) is 13.2. The molecule has 0 aliphatic carbocycles. The molecule has 0 aromatic rings. The topological polar surface area (TPSA) is 46.5 Å². The van der Waals surface area contributed by atoms with Crippen molar-refractivity contribution in [2.45, 2.75) is 129 Å². The molecule has 0 aliphatic rings. The molecule has 0 saturated heterocycles. The molecule has 0 spiro atoms. The van der Waals surface area contributed by atoms with Crippen molar-refractivity contribution in [3.05, 3.63) is 12.2 Å². The molecule has 0 heterocycles. The Balaban J connectivity index is 3.58. The fraction of sp³-hybridized carbons (Fsp3) is 0.923. The van der Waals surface area contributed by atoms with Crippen LogP contribution in [0.2, 0.25) is 0 Å². The Bertz CT molecular complexity index is 474. The molecule has 186 valence electrons. The minimum Gasteiger partial charge on any atom is -0.320 e. The first-order valence-corrected chi connectivity index (χ1v) is 14.8. The first-order chi connectivity index (χ1) is 14.8. The molecule has 2 unspecified atom stereocenters. The van der Waals surface area contributed by atoms with Gasteiger partial charge in [0.2, 0.25) is 0 Å². The van der Waals surface area contributed by atoms with Crippen molar-refractivity contribution in [3.8, 4) is 0 Å². The maximum Gasteiger partial charge on any atom is 0.385 e. The van der Waals surface area contributed by atoms with E-state index in [1.807, 2.05) is 21.1 Å². The Morgan fingerprint density at radius 3 is 1.65 bits per heavy atom. The van der Waals surface area contributed by atoms with Crippen LogP contribution in [0.3, 0.4) is 0 Å². The van der Waals surface area contributed by atoms with Crippen molar-refractivity contribution in [2.24, 2.45) is 0 Å². The highest BCUT2D eigenvalue weighted by molar-refractivity contribution is 7.53. The van der Waals surface area contributed by atoms with E-state index < -0.39 is 7.60 Å². The molecular weight excluding hydrogens is 405 g/mol. The third-order valence-corrected chi connectivity index (χ3v) is 8.26. The zero-order chi connectivity index (χ0) is 23.4. The van der Waals surface area contributed by atoms with Gasteiger partial charge in [-0.3, -0.25) is 4.57 Å². The maximum atomic E-state index is 12.6. The minimum absolute atomic E-state index is 0.337. The quantitative estimate of drug-likeness (QED) is 0.0763. The monoisotopic (exact) mass is 460 g/mol. The molecule has 2 atom stereocenters. The van der Waals surface area contributed by atoms with Gasteiger partial charge in [0, 0.05) is 6.42 Å².